The predicted octanol–water partition coefficient (Wildman–Crippen LogP) is 5.82. The minimum Gasteiger partial charge on any atom is -0.388 e. The lowest BCUT2D eigenvalue weighted by Crippen LogP contribution is -2.28. The molecule has 2 heterocycles. The third-order valence-corrected chi connectivity index (χ3v) is 4.55. The van der Waals surface area contributed by atoms with Crippen molar-refractivity contribution < 1.29 is 128 Å². The number of halogens is 16. The van der Waals surface area contributed by atoms with Crippen molar-refractivity contribution in [1.82, 2.24) is 0 Å². The minimum absolute atomic E-state index is 0.0424. The van der Waals surface area contributed by atoms with Gasteiger partial charge in [-0.25, -0.2) is 17.6 Å². The first-order chi connectivity index (χ1) is 26.2. The van der Waals surface area contributed by atoms with Crippen LogP contribution in [0.5, 0.6) is 0 Å². The normalized spacial score (nSPS) is 16.3. The van der Waals surface area contributed by atoms with Crippen molar-refractivity contribution in [3.63, 3.8) is 0 Å². The Morgan fingerprint density at radius 2 is 0.839 bits per heavy atom. The van der Waals surface area contributed by atoms with E-state index in [1.807, 2.05) is 0 Å². The highest BCUT2D eigenvalue weighted by Crippen LogP contribution is 2.18. The van der Waals surface area contributed by atoms with Crippen molar-refractivity contribution in [2.75, 3.05) is 121 Å². The monoisotopic (exact) mass is 876 g/mol. The standard InChI is InChI=1S/2C6H9F3O3.2C6H13FO3.2C2F4/c2*7-4-12-6(8,9)3-10-1-5-2-11-5;2*1-9-4-6(8)5-10-3-2-7;2*3-1(4)2(5)6/h2*5H,1-4H2;2*6,8H,2-5H2,1H3;;. The van der Waals surface area contributed by atoms with E-state index in [4.69, 9.17) is 29.2 Å². The van der Waals surface area contributed by atoms with Gasteiger partial charge in [0.2, 0.25) is 0 Å². The molecule has 2 saturated heterocycles. The molecular formula is C28H44F16O12. The maximum atomic E-state index is 12.3. The van der Waals surface area contributed by atoms with Crippen LogP contribution in [0.25, 0.3) is 0 Å². The van der Waals surface area contributed by atoms with E-state index in [0.717, 1.165) is 0 Å². The van der Waals surface area contributed by atoms with Crippen molar-refractivity contribution >= 4 is 0 Å². The second-order valence-corrected chi connectivity index (χ2v) is 9.51. The molecule has 0 aromatic carbocycles. The maximum absolute atomic E-state index is 12.3. The van der Waals surface area contributed by atoms with Crippen LogP contribution in [0.1, 0.15) is 0 Å². The molecule has 12 nitrogen and oxygen atoms in total. The molecule has 0 aromatic heterocycles. The number of hydrogen-bond donors (Lipinski definition) is 2. The Kier molecular flexibility index (Phi) is 42.9. The van der Waals surface area contributed by atoms with Gasteiger partial charge in [0.05, 0.1) is 66.1 Å². The third kappa shape index (κ3) is 54.0. The van der Waals surface area contributed by atoms with Crippen LogP contribution in [0, 0.1) is 0 Å². The quantitative estimate of drug-likeness (QED) is 0.0687. The van der Waals surface area contributed by atoms with E-state index in [-0.39, 0.29) is 65.1 Å². The summed E-state index contributed by atoms with van der Waals surface area (Å²) in [4.78, 5) is 0. The lowest BCUT2D eigenvalue weighted by molar-refractivity contribution is -0.279. The highest BCUT2D eigenvalue weighted by Gasteiger charge is 2.33. The molecule has 2 rings (SSSR count). The zero-order valence-corrected chi connectivity index (χ0v) is 29.6. The van der Waals surface area contributed by atoms with E-state index in [9.17, 15) is 70.2 Å². The molecule has 2 fully saturated rings. The lowest BCUT2D eigenvalue weighted by atomic mass is 10.4. The van der Waals surface area contributed by atoms with Gasteiger partial charge in [-0.3, -0.25) is 9.47 Å². The van der Waals surface area contributed by atoms with Gasteiger partial charge in [-0.2, -0.15) is 52.7 Å². The molecule has 2 aliphatic rings. The third-order valence-electron chi connectivity index (χ3n) is 4.55. The van der Waals surface area contributed by atoms with Crippen molar-refractivity contribution in [2.24, 2.45) is 0 Å². The van der Waals surface area contributed by atoms with Gasteiger partial charge in [-0.05, 0) is 0 Å². The number of ether oxygens (including phenoxy) is 10. The summed E-state index contributed by atoms with van der Waals surface area (Å²) in [6, 6.07) is 0. The highest BCUT2D eigenvalue weighted by atomic mass is 19.3. The van der Waals surface area contributed by atoms with Crippen LogP contribution in [-0.4, -0.2) is 167 Å². The fraction of sp³-hybridized carbons (Fsp3) is 0.857. The molecule has 28 heteroatoms. The van der Waals surface area contributed by atoms with Crippen LogP contribution in [-0.2, 0) is 47.4 Å². The van der Waals surface area contributed by atoms with Gasteiger partial charge in [0.25, 0.3) is 0 Å². The van der Waals surface area contributed by atoms with Gasteiger partial charge >= 0.3 is 36.5 Å². The van der Waals surface area contributed by atoms with Crippen LogP contribution in [0.3, 0.4) is 0 Å². The summed E-state index contributed by atoms with van der Waals surface area (Å²) in [6.45, 7) is -3.84. The van der Waals surface area contributed by atoms with Crippen molar-refractivity contribution in [3.05, 3.63) is 24.3 Å². The summed E-state index contributed by atoms with van der Waals surface area (Å²) in [5.74, 6) is 0. The topological polar surface area (TPSA) is 139 Å². The zero-order valence-electron chi connectivity index (χ0n) is 29.6. The smallest absolute Gasteiger partial charge is 0.381 e. The van der Waals surface area contributed by atoms with Crippen molar-refractivity contribution in [1.29, 1.82) is 0 Å². The first kappa shape index (κ1) is 60.6. The van der Waals surface area contributed by atoms with E-state index < -0.39 is 89.0 Å². The molecule has 4 unspecified atom stereocenters. The highest BCUT2D eigenvalue weighted by molar-refractivity contribution is 4.77. The zero-order chi connectivity index (χ0) is 44.0. The Balaban J connectivity index is -0.000000296. The van der Waals surface area contributed by atoms with Gasteiger partial charge in [0, 0.05) is 14.2 Å². The van der Waals surface area contributed by atoms with Crippen LogP contribution in [0.2, 0.25) is 0 Å². The molecule has 0 radical (unpaired) electrons. The van der Waals surface area contributed by atoms with E-state index in [0.29, 0.717) is 13.2 Å². The average Bonchev–Trinajstić information content (AvgIpc) is 4.04. The van der Waals surface area contributed by atoms with Crippen LogP contribution in [0.15, 0.2) is 24.3 Å². The fourth-order valence-corrected chi connectivity index (χ4v) is 2.22. The van der Waals surface area contributed by atoms with Gasteiger partial charge in [-0.1, -0.05) is 0 Å². The molecule has 0 spiro atoms. The fourth-order valence-electron chi connectivity index (χ4n) is 2.22. The summed E-state index contributed by atoms with van der Waals surface area (Å²) in [5, 5.41) is 17.8. The molecule has 0 aromatic rings. The van der Waals surface area contributed by atoms with Gasteiger partial charge in [0.15, 0.2) is 13.7 Å². The van der Waals surface area contributed by atoms with Gasteiger partial charge < -0.3 is 48.1 Å². The molecule has 56 heavy (non-hydrogen) atoms. The first-order valence-electron chi connectivity index (χ1n) is 15.1. The van der Waals surface area contributed by atoms with Crippen molar-refractivity contribution in [3.8, 4) is 0 Å². The average molecular weight is 877 g/mol. The Labute approximate surface area is 310 Å². The Hall–Kier alpha value is -2.12. The number of alkyl halides is 8. The summed E-state index contributed by atoms with van der Waals surface area (Å²) < 4.78 is 221. The first-order valence-corrected chi connectivity index (χ1v) is 15.1. The molecule has 0 saturated carbocycles. The van der Waals surface area contributed by atoms with Gasteiger partial charge in [-0.15, -0.1) is 0 Å². The molecule has 0 aliphatic carbocycles. The van der Waals surface area contributed by atoms with Crippen LogP contribution >= 0.6 is 0 Å². The number of epoxide rings is 2. The summed E-state index contributed by atoms with van der Waals surface area (Å²) in [7, 11) is 2.97. The van der Waals surface area contributed by atoms with E-state index in [2.05, 4.69) is 28.4 Å². The molecule has 4 atom stereocenters. The van der Waals surface area contributed by atoms with E-state index in [1.165, 1.54) is 14.2 Å². The minimum atomic E-state index is -3.54. The summed E-state index contributed by atoms with van der Waals surface area (Å²) in [5.41, 5.74) is 0. The van der Waals surface area contributed by atoms with E-state index in [1.54, 1.807) is 0 Å². The molecule has 2 N–H and O–H groups in total. The SMILES string of the molecule is COCC(O)COCCF.COCC(O)COCCF.FC(F)=C(F)F.FC(F)=C(F)F.FCOC(F)(F)COCC1CO1.FCOC(F)(F)COCC1CO1. The largest absolute Gasteiger partial charge is 0.388 e. The Bertz CT molecular complexity index is 832. The lowest BCUT2D eigenvalue weighted by Gasteiger charge is -2.13. The van der Waals surface area contributed by atoms with Crippen LogP contribution < -0.4 is 0 Å². The Morgan fingerprint density at radius 1 is 0.554 bits per heavy atom. The number of rotatable bonds is 24. The van der Waals surface area contributed by atoms with Gasteiger partial charge in [0.1, 0.15) is 51.0 Å². The van der Waals surface area contributed by atoms with E-state index >= 15 is 0 Å². The number of hydrogen-bond acceptors (Lipinski definition) is 12. The predicted molar refractivity (Wildman–Crippen MR) is 157 cm³/mol. The number of aliphatic hydroxyl groups excluding tert-OH is 2. The summed E-state index contributed by atoms with van der Waals surface area (Å²) >= 11 is 0. The number of aliphatic hydroxyl groups is 2. The van der Waals surface area contributed by atoms with Crippen molar-refractivity contribution in [2.45, 2.75) is 36.6 Å². The summed E-state index contributed by atoms with van der Waals surface area (Å²) in [6.07, 6.45) is -20.1. The number of methoxy groups -OCH3 is 2. The molecule has 340 valence electrons. The second kappa shape index (κ2) is 39.7. The molecular weight excluding hydrogens is 832 g/mol. The molecule has 0 bridgehead atoms. The maximum Gasteiger partial charge on any atom is 0.381 e. The Morgan fingerprint density at radius 3 is 1.04 bits per heavy atom. The second-order valence-electron chi connectivity index (χ2n) is 9.51. The molecule has 2 aliphatic heterocycles. The van der Waals surface area contributed by atoms with Crippen LogP contribution in [0.4, 0.5) is 70.2 Å². The molecule has 0 amide bonds.